The number of ether oxygens (including phenoxy) is 1. The molecular weight excluding hydrogens is 356 g/mol. The van der Waals surface area contributed by atoms with Crippen molar-refractivity contribution in [2.45, 2.75) is 10.3 Å². The van der Waals surface area contributed by atoms with Crippen LogP contribution in [0.3, 0.4) is 0 Å². The summed E-state index contributed by atoms with van der Waals surface area (Å²) < 4.78 is 33.7. The molecule has 23 heavy (non-hydrogen) atoms. The van der Waals surface area contributed by atoms with E-state index in [0.717, 1.165) is 16.9 Å². The number of methoxy groups -OCH3 is 1. The van der Waals surface area contributed by atoms with Gasteiger partial charge in [0.25, 0.3) is 10.0 Å². The molecule has 3 rings (SSSR count). The topological polar surface area (TPSA) is 58.6 Å². The van der Waals surface area contributed by atoms with Crippen LogP contribution >= 0.6 is 22.9 Å². The van der Waals surface area contributed by atoms with Gasteiger partial charge in [0.2, 0.25) is 0 Å². The summed E-state index contributed by atoms with van der Waals surface area (Å²) >= 11 is 6.99. The summed E-state index contributed by atoms with van der Waals surface area (Å²) in [6.45, 7) is 1.56. The molecule has 0 amide bonds. The molecule has 2 heterocycles. The van der Waals surface area contributed by atoms with Gasteiger partial charge in [-0.15, -0.1) is 11.3 Å². The molecule has 1 aliphatic heterocycles. The van der Waals surface area contributed by atoms with E-state index < -0.39 is 10.0 Å². The second kappa shape index (κ2) is 6.78. The van der Waals surface area contributed by atoms with Crippen LogP contribution in [-0.4, -0.2) is 39.5 Å². The highest BCUT2D eigenvalue weighted by atomic mass is 35.5. The van der Waals surface area contributed by atoms with Crippen LogP contribution in [0.1, 0.15) is 11.6 Å². The van der Waals surface area contributed by atoms with Crippen molar-refractivity contribution in [3.8, 4) is 5.75 Å². The van der Waals surface area contributed by atoms with Crippen molar-refractivity contribution in [2.75, 3.05) is 26.7 Å². The molecule has 1 aromatic heterocycles. The van der Waals surface area contributed by atoms with Gasteiger partial charge >= 0.3 is 0 Å². The van der Waals surface area contributed by atoms with Gasteiger partial charge in [-0.3, -0.25) is 0 Å². The monoisotopic (exact) mass is 372 g/mol. The van der Waals surface area contributed by atoms with E-state index in [4.69, 9.17) is 16.3 Å². The summed E-state index contributed by atoms with van der Waals surface area (Å²) in [5.41, 5.74) is 0.855. The van der Waals surface area contributed by atoms with Gasteiger partial charge in [0.05, 0.1) is 17.5 Å². The Morgan fingerprint density at radius 1 is 1.30 bits per heavy atom. The third kappa shape index (κ3) is 3.25. The minimum atomic E-state index is -3.59. The Labute approximate surface area is 144 Å². The van der Waals surface area contributed by atoms with E-state index >= 15 is 0 Å². The van der Waals surface area contributed by atoms with Gasteiger partial charge in [0.1, 0.15) is 9.96 Å². The first kappa shape index (κ1) is 16.7. The van der Waals surface area contributed by atoms with Crippen LogP contribution in [0.5, 0.6) is 5.75 Å². The SMILES string of the molecule is COc1ccccc1C1CNCCN1S(=O)(=O)c1ccc(Cl)s1. The van der Waals surface area contributed by atoms with Crippen LogP contribution in [0, 0.1) is 0 Å². The lowest BCUT2D eigenvalue weighted by Crippen LogP contribution is -2.48. The summed E-state index contributed by atoms with van der Waals surface area (Å²) in [5.74, 6) is 0.686. The second-order valence-corrected chi connectivity index (χ2v) is 8.97. The number of nitrogens with zero attached hydrogens (tertiary/aromatic N) is 1. The second-order valence-electron chi connectivity index (χ2n) is 5.14. The molecule has 0 saturated carbocycles. The predicted octanol–water partition coefficient (Wildman–Crippen LogP) is 2.75. The lowest BCUT2D eigenvalue weighted by Gasteiger charge is -2.35. The van der Waals surface area contributed by atoms with Crippen LogP contribution in [0.2, 0.25) is 4.34 Å². The van der Waals surface area contributed by atoms with E-state index in [1.807, 2.05) is 24.3 Å². The average Bonchev–Trinajstić information content (AvgIpc) is 3.02. The molecule has 8 heteroatoms. The van der Waals surface area contributed by atoms with Crippen LogP contribution in [0.25, 0.3) is 0 Å². The Balaban J connectivity index is 2.02. The summed E-state index contributed by atoms with van der Waals surface area (Å²) in [5, 5.41) is 3.26. The van der Waals surface area contributed by atoms with Crippen LogP contribution < -0.4 is 10.1 Å². The van der Waals surface area contributed by atoms with Gasteiger partial charge < -0.3 is 10.1 Å². The molecule has 1 N–H and O–H groups in total. The number of thiophene rings is 1. The fourth-order valence-corrected chi connectivity index (χ4v) is 5.95. The number of para-hydroxylation sites is 1. The third-order valence-electron chi connectivity index (χ3n) is 3.80. The highest BCUT2D eigenvalue weighted by Gasteiger charge is 2.36. The molecule has 0 aliphatic carbocycles. The van der Waals surface area contributed by atoms with Gasteiger partial charge in [-0.05, 0) is 18.2 Å². The van der Waals surface area contributed by atoms with Crippen LogP contribution in [0.15, 0.2) is 40.6 Å². The zero-order valence-corrected chi connectivity index (χ0v) is 14.9. The zero-order valence-electron chi connectivity index (χ0n) is 12.5. The minimum absolute atomic E-state index is 0.268. The number of hydrogen-bond donors (Lipinski definition) is 1. The Morgan fingerprint density at radius 2 is 2.09 bits per heavy atom. The first-order valence-corrected chi connectivity index (χ1v) is 9.78. The Morgan fingerprint density at radius 3 is 2.78 bits per heavy atom. The van der Waals surface area contributed by atoms with Crippen molar-refractivity contribution in [1.29, 1.82) is 0 Å². The van der Waals surface area contributed by atoms with Gasteiger partial charge in [0, 0.05) is 25.2 Å². The smallest absolute Gasteiger partial charge is 0.253 e. The lowest BCUT2D eigenvalue weighted by molar-refractivity contribution is 0.265. The summed E-state index contributed by atoms with van der Waals surface area (Å²) in [6, 6.07) is 10.4. The van der Waals surface area contributed by atoms with E-state index in [9.17, 15) is 8.42 Å². The van der Waals surface area contributed by atoms with Crippen molar-refractivity contribution in [2.24, 2.45) is 0 Å². The molecule has 2 aromatic rings. The molecule has 124 valence electrons. The molecule has 1 aliphatic rings. The summed E-state index contributed by atoms with van der Waals surface area (Å²) in [6.07, 6.45) is 0. The van der Waals surface area contributed by atoms with Crippen LogP contribution in [-0.2, 0) is 10.0 Å². The highest BCUT2D eigenvalue weighted by Crippen LogP contribution is 2.36. The molecule has 0 spiro atoms. The fourth-order valence-electron chi connectivity index (χ4n) is 2.73. The normalized spacial score (nSPS) is 19.7. The van der Waals surface area contributed by atoms with Gasteiger partial charge in [-0.25, -0.2) is 8.42 Å². The molecule has 0 radical (unpaired) electrons. The molecular formula is C15H17ClN2O3S2. The Bertz CT molecular complexity index is 792. The fraction of sp³-hybridized carbons (Fsp3) is 0.333. The first-order chi connectivity index (χ1) is 11.0. The van der Waals surface area contributed by atoms with Crippen LogP contribution in [0.4, 0.5) is 0 Å². The molecule has 0 bridgehead atoms. The lowest BCUT2D eigenvalue weighted by atomic mass is 10.0. The number of sulfonamides is 1. The summed E-state index contributed by atoms with van der Waals surface area (Å²) in [4.78, 5) is 0. The number of piperazine rings is 1. The maximum absolute atomic E-state index is 13.0. The highest BCUT2D eigenvalue weighted by molar-refractivity contribution is 7.91. The van der Waals surface area contributed by atoms with E-state index in [-0.39, 0.29) is 10.3 Å². The van der Waals surface area contributed by atoms with Gasteiger partial charge in [-0.2, -0.15) is 4.31 Å². The van der Waals surface area contributed by atoms with E-state index in [2.05, 4.69) is 5.32 Å². The number of benzene rings is 1. The number of rotatable bonds is 4. The molecule has 1 aromatic carbocycles. The maximum atomic E-state index is 13.0. The molecule has 5 nitrogen and oxygen atoms in total. The average molecular weight is 373 g/mol. The molecule has 1 saturated heterocycles. The largest absolute Gasteiger partial charge is 0.496 e. The molecule has 1 fully saturated rings. The van der Waals surface area contributed by atoms with Gasteiger partial charge in [-0.1, -0.05) is 29.8 Å². The van der Waals surface area contributed by atoms with Crippen molar-refractivity contribution in [3.63, 3.8) is 0 Å². The van der Waals surface area contributed by atoms with Crippen molar-refractivity contribution in [1.82, 2.24) is 9.62 Å². The quantitative estimate of drug-likeness (QED) is 0.896. The number of hydrogen-bond acceptors (Lipinski definition) is 5. The van der Waals surface area contributed by atoms with Crippen molar-refractivity contribution < 1.29 is 13.2 Å². The van der Waals surface area contributed by atoms with Crippen molar-refractivity contribution >= 4 is 33.0 Å². The number of nitrogens with one attached hydrogen (secondary N) is 1. The third-order valence-corrected chi connectivity index (χ3v) is 7.41. The Kier molecular flexibility index (Phi) is 4.93. The van der Waals surface area contributed by atoms with Crippen molar-refractivity contribution in [3.05, 3.63) is 46.3 Å². The maximum Gasteiger partial charge on any atom is 0.253 e. The molecule has 1 atom stereocenters. The van der Waals surface area contributed by atoms with Gasteiger partial charge in [0.15, 0.2) is 0 Å². The minimum Gasteiger partial charge on any atom is -0.496 e. The predicted molar refractivity (Wildman–Crippen MR) is 91.8 cm³/mol. The van der Waals surface area contributed by atoms with E-state index in [1.165, 1.54) is 4.31 Å². The standard InChI is InChI=1S/C15H17ClN2O3S2/c1-21-13-5-3-2-4-11(13)12-10-17-8-9-18(12)23(19,20)15-7-6-14(16)22-15/h2-7,12,17H,8-10H2,1H3. The van der Waals surface area contributed by atoms with E-state index in [0.29, 0.717) is 29.7 Å². The first-order valence-electron chi connectivity index (χ1n) is 7.15. The number of halogens is 1. The Hall–Kier alpha value is -1.12. The zero-order chi connectivity index (χ0) is 16.4. The van der Waals surface area contributed by atoms with E-state index in [1.54, 1.807) is 19.2 Å². The molecule has 1 unspecified atom stereocenters. The summed E-state index contributed by atoms with van der Waals surface area (Å²) in [7, 11) is -2.00.